The number of nitro benzene ring substituents is 1. The molecule has 19 heavy (non-hydrogen) atoms. The number of nitro groups is 1. The van der Waals surface area contributed by atoms with Crippen molar-refractivity contribution in [2.24, 2.45) is 5.41 Å². The maximum absolute atomic E-state index is 10.6. The molecular weight excluding hydrogens is 242 g/mol. The number of hydrogen-bond acceptors (Lipinski definition) is 4. The Kier molecular flexibility index (Phi) is 5.46. The Labute approximate surface area is 113 Å². The van der Waals surface area contributed by atoms with Crippen LogP contribution in [0.2, 0.25) is 0 Å². The van der Waals surface area contributed by atoms with E-state index in [1.807, 2.05) is 19.9 Å². The highest BCUT2D eigenvalue weighted by Crippen LogP contribution is 2.20. The molecule has 0 saturated heterocycles. The lowest BCUT2D eigenvalue weighted by atomic mass is 9.90. The van der Waals surface area contributed by atoms with Crippen LogP contribution in [-0.4, -0.2) is 11.5 Å². The molecule has 0 aromatic heterocycles. The van der Waals surface area contributed by atoms with Gasteiger partial charge in [-0.3, -0.25) is 10.1 Å². The highest BCUT2D eigenvalue weighted by Gasteiger charge is 2.15. The van der Waals surface area contributed by atoms with Crippen molar-refractivity contribution in [1.29, 1.82) is 5.26 Å². The third kappa shape index (κ3) is 5.49. The van der Waals surface area contributed by atoms with Crippen molar-refractivity contribution in [3.63, 3.8) is 0 Å². The second-order valence-electron chi connectivity index (χ2n) is 5.20. The van der Waals surface area contributed by atoms with Crippen LogP contribution in [0.15, 0.2) is 24.3 Å². The fraction of sp³-hybridized carbons (Fsp3) is 0.500. The number of hydrogen-bond donors (Lipinski definition) is 1. The van der Waals surface area contributed by atoms with Gasteiger partial charge in [0.15, 0.2) is 0 Å². The number of benzene rings is 1. The van der Waals surface area contributed by atoms with Crippen LogP contribution < -0.4 is 5.32 Å². The normalized spacial score (nSPS) is 11.0. The molecule has 1 rings (SSSR count). The summed E-state index contributed by atoms with van der Waals surface area (Å²) in [5.74, 6) is 0. The first-order chi connectivity index (χ1) is 8.94. The van der Waals surface area contributed by atoms with Gasteiger partial charge >= 0.3 is 0 Å². The number of nitriles is 1. The molecule has 0 fully saturated rings. The van der Waals surface area contributed by atoms with E-state index in [-0.39, 0.29) is 16.0 Å². The van der Waals surface area contributed by atoms with E-state index < -0.39 is 0 Å². The highest BCUT2D eigenvalue weighted by molar-refractivity contribution is 5.34. The van der Waals surface area contributed by atoms with Crippen molar-refractivity contribution in [3.05, 3.63) is 39.9 Å². The zero-order chi connectivity index (χ0) is 14.3. The first-order valence-corrected chi connectivity index (χ1v) is 6.30. The molecular formula is C14H19N3O2. The Morgan fingerprint density at radius 1 is 1.47 bits per heavy atom. The van der Waals surface area contributed by atoms with Gasteiger partial charge in [-0.05, 0) is 38.8 Å². The Hall–Kier alpha value is -1.93. The predicted molar refractivity (Wildman–Crippen MR) is 73.4 cm³/mol. The summed E-state index contributed by atoms with van der Waals surface area (Å²) in [7, 11) is 0. The fourth-order valence-corrected chi connectivity index (χ4v) is 1.72. The van der Waals surface area contributed by atoms with Gasteiger partial charge in [-0.15, -0.1) is 0 Å². The van der Waals surface area contributed by atoms with Crippen molar-refractivity contribution in [3.8, 4) is 6.07 Å². The average molecular weight is 261 g/mol. The van der Waals surface area contributed by atoms with Crippen LogP contribution in [0.4, 0.5) is 5.69 Å². The van der Waals surface area contributed by atoms with Crippen molar-refractivity contribution in [1.82, 2.24) is 5.32 Å². The minimum absolute atomic E-state index is 0.116. The minimum Gasteiger partial charge on any atom is -0.313 e. The monoisotopic (exact) mass is 261 g/mol. The third-order valence-corrected chi connectivity index (χ3v) is 2.91. The lowest BCUT2D eigenvalue weighted by molar-refractivity contribution is -0.384. The van der Waals surface area contributed by atoms with Crippen LogP contribution >= 0.6 is 0 Å². The molecule has 0 spiro atoms. The number of nitrogens with zero attached hydrogens (tertiary/aromatic N) is 2. The zero-order valence-corrected chi connectivity index (χ0v) is 11.3. The first-order valence-electron chi connectivity index (χ1n) is 6.30. The second kappa shape index (κ2) is 6.86. The second-order valence-corrected chi connectivity index (χ2v) is 5.20. The van der Waals surface area contributed by atoms with Gasteiger partial charge in [-0.1, -0.05) is 12.1 Å². The van der Waals surface area contributed by atoms with Gasteiger partial charge in [0, 0.05) is 18.7 Å². The van der Waals surface area contributed by atoms with Gasteiger partial charge in [0.05, 0.1) is 16.4 Å². The van der Waals surface area contributed by atoms with Crippen LogP contribution in [0.3, 0.4) is 0 Å². The summed E-state index contributed by atoms with van der Waals surface area (Å²) >= 11 is 0. The summed E-state index contributed by atoms with van der Waals surface area (Å²) in [6.07, 6.45) is 1.75. The predicted octanol–water partition coefficient (Wildman–Crippen LogP) is 3.01. The molecule has 0 heterocycles. The Bertz CT molecular complexity index is 478. The molecule has 1 N–H and O–H groups in total. The lowest BCUT2D eigenvalue weighted by Crippen LogP contribution is -2.17. The van der Waals surface area contributed by atoms with Gasteiger partial charge in [-0.2, -0.15) is 5.26 Å². The van der Waals surface area contributed by atoms with Crippen LogP contribution in [0.25, 0.3) is 0 Å². The standard InChI is InChI=1S/C14H19N3O2/c1-14(2,11-15)7-4-8-16-10-12-5-3-6-13(9-12)17(18)19/h3,5-6,9,16H,4,7-8,10H2,1-2H3. The van der Waals surface area contributed by atoms with Gasteiger partial charge < -0.3 is 5.32 Å². The van der Waals surface area contributed by atoms with Crippen molar-refractivity contribution >= 4 is 5.69 Å². The van der Waals surface area contributed by atoms with E-state index in [0.717, 1.165) is 24.9 Å². The molecule has 0 aliphatic carbocycles. The largest absolute Gasteiger partial charge is 0.313 e. The molecule has 1 aromatic rings. The molecule has 5 nitrogen and oxygen atoms in total. The maximum atomic E-state index is 10.6. The van der Waals surface area contributed by atoms with Gasteiger partial charge in [-0.25, -0.2) is 0 Å². The Morgan fingerprint density at radius 2 is 2.21 bits per heavy atom. The van der Waals surface area contributed by atoms with E-state index in [9.17, 15) is 10.1 Å². The molecule has 0 aliphatic rings. The number of non-ortho nitro benzene ring substituents is 1. The van der Waals surface area contributed by atoms with E-state index in [0.29, 0.717) is 6.54 Å². The smallest absolute Gasteiger partial charge is 0.269 e. The van der Waals surface area contributed by atoms with E-state index in [2.05, 4.69) is 11.4 Å². The van der Waals surface area contributed by atoms with Crippen LogP contribution in [0.1, 0.15) is 32.3 Å². The molecule has 0 aliphatic heterocycles. The van der Waals surface area contributed by atoms with Crippen molar-refractivity contribution in [2.75, 3.05) is 6.54 Å². The molecule has 1 aromatic carbocycles. The molecule has 5 heteroatoms. The van der Waals surface area contributed by atoms with Gasteiger partial charge in [0.25, 0.3) is 5.69 Å². The zero-order valence-electron chi connectivity index (χ0n) is 11.3. The topological polar surface area (TPSA) is 79.0 Å². The van der Waals surface area contributed by atoms with E-state index in [4.69, 9.17) is 5.26 Å². The van der Waals surface area contributed by atoms with Crippen LogP contribution in [0.5, 0.6) is 0 Å². The summed E-state index contributed by atoms with van der Waals surface area (Å²) < 4.78 is 0. The van der Waals surface area contributed by atoms with Gasteiger partial charge in [0.1, 0.15) is 0 Å². The van der Waals surface area contributed by atoms with Crippen molar-refractivity contribution < 1.29 is 4.92 Å². The average Bonchev–Trinajstić information content (AvgIpc) is 2.38. The molecule has 102 valence electrons. The summed E-state index contributed by atoms with van der Waals surface area (Å²) in [6, 6.07) is 8.88. The van der Waals surface area contributed by atoms with Crippen LogP contribution in [-0.2, 0) is 6.54 Å². The van der Waals surface area contributed by atoms with Crippen LogP contribution in [0, 0.1) is 26.9 Å². The summed E-state index contributed by atoms with van der Waals surface area (Å²) in [5.41, 5.74) is 0.728. The van der Waals surface area contributed by atoms with Gasteiger partial charge in [0.2, 0.25) is 0 Å². The third-order valence-electron chi connectivity index (χ3n) is 2.91. The summed E-state index contributed by atoms with van der Waals surface area (Å²) in [5, 5.41) is 22.7. The van der Waals surface area contributed by atoms with E-state index in [1.54, 1.807) is 12.1 Å². The van der Waals surface area contributed by atoms with E-state index >= 15 is 0 Å². The number of rotatable bonds is 7. The van der Waals surface area contributed by atoms with Crippen molar-refractivity contribution in [2.45, 2.75) is 33.2 Å². The molecule has 0 unspecified atom stereocenters. The first kappa shape index (κ1) is 15.1. The molecule has 0 amide bonds. The quantitative estimate of drug-likeness (QED) is 0.465. The maximum Gasteiger partial charge on any atom is 0.269 e. The SMILES string of the molecule is CC(C)(C#N)CCCNCc1cccc([N+](=O)[O-])c1. The van der Waals surface area contributed by atoms with E-state index in [1.165, 1.54) is 6.07 Å². The molecule has 0 bridgehead atoms. The summed E-state index contributed by atoms with van der Waals surface area (Å²) in [6.45, 7) is 5.25. The molecule has 0 radical (unpaired) electrons. The number of nitrogens with one attached hydrogen (secondary N) is 1. The Morgan fingerprint density at radius 3 is 2.84 bits per heavy atom. The lowest BCUT2D eigenvalue weighted by Gasteiger charge is -2.14. The molecule has 0 atom stereocenters. The Balaban J connectivity index is 2.32. The highest BCUT2D eigenvalue weighted by atomic mass is 16.6. The minimum atomic E-state index is -0.390. The molecule has 0 saturated carbocycles. The fourth-order valence-electron chi connectivity index (χ4n) is 1.72. The summed E-state index contributed by atoms with van der Waals surface area (Å²) in [4.78, 5) is 10.2.